The van der Waals surface area contributed by atoms with Gasteiger partial charge in [0.15, 0.2) is 0 Å². The summed E-state index contributed by atoms with van der Waals surface area (Å²) in [5.74, 6) is 0. The van der Waals surface area contributed by atoms with Crippen molar-refractivity contribution < 1.29 is 0 Å². The maximum absolute atomic E-state index is 4.12. The molecule has 1 aromatic heterocycles. The third-order valence-corrected chi connectivity index (χ3v) is 3.62. The SMILES string of the molecule is Brc1cccc(CNc2cccc(Cn3cncn3)c2)c1. The van der Waals surface area contributed by atoms with Crippen LogP contribution in [0.4, 0.5) is 5.69 Å². The van der Waals surface area contributed by atoms with Crippen LogP contribution in [0.15, 0.2) is 65.7 Å². The van der Waals surface area contributed by atoms with Crippen LogP contribution < -0.4 is 5.32 Å². The second kappa shape index (κ2) is 6.54. The molecule has 2 aromatic carbocycles. The van der Waals surface area contributed by atoms with Crippen LogP contribution in [0.2, 0.25) is 0 Å². The topological polar surface area (TPSA) is 42.7 Å². The summed E-state index contributed by atoms with van der Waals surface area (Å²) in [4.78, 5) is 3.96. The summed E-state index contributed by atoms with van der Waals surface area (Å²) >= 11 is 3.49. The van der Waals surface area contributed by atoms with Crippen LogP contribution in [0.1, 0.15) is 11.1 Å². The number of hydrogen-bond donors (Lipinski definition) is 1. The molecule has 0 saturated heterocycles. The second-order valence-electron chi connectivity index (χ2n) is 4.78. The average Bonchev–Trinajstić information content (AvgIpc) is 2.99. The number of benzene rings is 2. The molecule has 0 saturated carbocycles. The van der Waals surface area contributed by atoms with E-state index in [9.17, 15) is 0 Å². The average molecular weight is 343 g/mol. The van der Waals surface area contributed by atoms with Gasteiger partial charge in [0.05, 0.1) is 6.54 Å². The molecule has 106 valence electrons. The van der Waals surface area contributed by atoms with Crippen molar-refractivity contribution in [2.45, 2.75) is 13.1 Å². The van der Waals surface area contributed by atoms with Crippen LogP contribution in [0, 0.1) is 0 Å². The van der Waals surface area contributed by atoms with Crippen molar-refractivity contribution in [3.63, 3.8) is 0 Å². The fourth-order valence-corrected chi connectivity index (χ4v) is 2.58. The quantitative estimate of drug-likeness (QED) is 0.768. The predicted octanol–water partition coefficient (Wildman–Crippen LogP) is 3.70. The van der Waals surface area contributed by atoms with Crippen molar-refractivity contribution in [2.75, 3.05) is 5.32 Å². The molecule has 1 heterocycles. The third-order valence-electron chi connectivity index (χ3n) is 3.12. The van der Waals surface area contributed by atoms with Crippen LogP contribution in [0.5, 0.6) is 0 Å². The predicted molar refractivity (Wildman–Crippen MR) is 87.0 cm³/mol. The van der Waals surface area contributed by atoms with Gasteiger partial charge >= 0.3 is 0 Å². The van der Waals surface area contributed by atoms with Crippen molar-refractivity contribution in [2.24, 2.45) is 0 Å². The number of halogens is 1. The zero-order valence-electron chi connectivity index (χ0n) is 11.4. The molecule has 0 radical (unpaired) electrons. The lowest BCUT2D eigenvalue weighted by Crippen LogP contribution is -2.02. The molecule has 4 nitrogen and oxygen atoms in total. The number of aromatic nitrogens is 3. The molecule has 0 spiro atoms. The number of nitrogens with one attached hydrogen (secondary N) is 1. The number of rotatable bonds is 5. The van der Waals surface area contributed by atoms with Crippen LogP contribution in [0.25, 0.3) is 0 Å². The van der Waals surface area contributed by atoms with E-state index in [1.54, 1.807) is 12.7 Å². The van der Waals surface area contributed by atoms with E-state index in [1.807, 2.05) is 16.8 Å². The molecule has 0 aliphatic rings. The Bertz CT molecular complexity index is 710. The summed E-state index contributed by atoms with van der Waals surface area (Å²) < 4.78 is 2.91. The summed E-state index contributed by atoms with van der Waals surface area (Å²) in [5, 5.41) is 7.57. The third kappa shape index (κ3) is 3.92. The molecule has 5 heteroatoms. The Morgan fingerprint density at radius 3 is 2.71 bits per heavy atom. The molecule has 0 amide bonds. The highest BCUT2D eigenvalue weighted by Gasteiger charge is 1.99. The second-order valence-corrected chi connectivity index (χ2v) is 5.69. The van der Waals surface area contributed by atoms with Gasteiger partial charge in [-0.2, -0.15) is 5.10 Å². The highest BCUT2D eigenvalue weighted by molar-refractivity contribution is 9.10. The van der Waals surface area contributed by atoms with Crippen LogP contribution in [0.3, 0.4) is 0 Å². The first-order chi connectivity index (χ1) is 10.3. The molecule has 0 fully saturated rings. The maximum atomic E-state index is 4.12. The van der Waals surface area contributed by atoms with Gasteiger partial charge in [-0.1, -0.05) is 40.2 Å². The van der Waals surface area contributed by atoms with Gasteiger partial charge in [-0.05, 0) is 35.4 Å². The smallest absolute Gasteiger partial charge is 0.137 e. The molecule has 0 bridgehead atoms. The Kier molecular flexibility index (Phi) is 4.31. The maximum Gasteiger partial charge on any atom is 0.137 e. The van der Waals surface area contributed by atoms with Crippen LogP contribution >= 0.6 is 15.9 Å². The molecule has 0 atom stereocenters. The lowest BCUT2D eigenvalue weighted by atomic mass is 10.2. The van der Waals surface area contributed by atoms with E-state index in [2.05, 4.69) is 67.7 Å². The molecule has 21 heavy (non-hydrogen) atoms. The first kappa shape index (κ1) is 13.8. The summed E-state index contributed by atoms with van der Waals surface area (Å²) in [5.41, 5.74) is 3.54. The summed E-state index contributed by atoms with van der Waals surface area (Å²) in [6, 6.07) is 16.7. The van der Waals surface area contributed by atoms with Crippen molar-refractivity contribution in [3.8, 4) is 0 Å². The van der Waals surface area contributed by atoms with E-state index in [1.165, 1.54) is 11.1 Å². The first-order valence-electron chi connectivity index (χ1n) is 6.69. The Balaban J connectivity index is 1.66. The molecule has 1 N–H and O–H groups in total. The Morgan fingerprint density at radius 2 is 1.90 bits per heavy atom. The van der Waals surface area contributed by atoms with E-state index in [-0.39, 0.29) is 0 Å². The summed E-state index contributed by atoms with van der Waals surface area (Å²) in [6.45, 7) is 1.53. The molecule has 3 rings (SSSR count). The number of anilines is 1. The fourth-order valence-electron chi connectivity index (χ4n) is 2.13. The summed E-state index contributed by atoms with van der Waals surface area (Å²) in [6.07, 6.45) is 3.27. The monoisotopic (exact) mass is 342 g/mol. The van der Waals surface area contributed by atoms with Crippen molar-refractivity contribution in [1.82, 2.24) is 14.8 Å². The van der Waals surface area contributed by atoms with Gasteiger partial charge in [0.25, 0.3) is 0 Å². The Hall–Kier alpha value is -2.14. The van der Waals surface area contributed by atoms with Gasteiger partial charge in [-0.15, -0.1) is 0 Å². The van der Waals surface area contributed by atoms with Gasteiger partial charge in [0.2, 0.25) is 0 Å². The molecule has 3 aromatic rings. The number of nitrogens with zero attached hydrogens (tertiary/aromatic N) is 3. The van der Waals surface area contributed by atoms with Gasteiger partial charge < -0.3 is 5.32 Å². The minimum atomic E-state index is 0.729. The molecular formula is C16H15BrN4. The van der Waals surface area contributed by atoms with Crippen molar-refractivity contribution in [1.29, 1.82) is 0 Å². The summed E-state index contributed by atoms with van der Waals surface area (Å²) in [7, 11) is 0. The van der Waals surface area contributed by atoms with Crippen molar-refractivity contribution in [3.05, 3.63) is 76.8 Å². The standard InChI is InChI=1S/C16H15BrN4/c17-15-5-1-3-13(7-15)9-19-16-6-2-4-14(8-16)10-21-12-18-11-20-21/h1-8,11-12,19H,9-10H2. The van der Waals surface area contributed by atoms with Crippen molar-refractivity contribution >= 4 is 21.6 Å². The van der Waals surface area contributed by atoms with E-state index in [0.29, 0.717) is 0 Å². The molecule has 0 unspecified atom stereocenters. The highest BCUT2D eigenvalue weighted by Crippen LogP contribution is 2.15. The highest BCUT2D eigenvalue weighted by atomic mass is 79.9. The zero-order valence-corrected chi connectivity index (χ0v) is 13.0. The Morgan fingerprint density at radius 1 is 1.05 bits per heavy atom. The van der Waals surface area contributed by atoms with Crippen LogP contribution in [-0.4, -0.2) is 14.8 Å². The van der Waals surface area contributed by atoms with Gasteiger partial charge in [0, 0.05) is 16.7 Å². The molecule has 0 aliphatic carbocycles. The number of hydrogen-bond acceptors (Lipinski definition) is 3. The van der Waals surface area contributed by atoms with Gasteiger partial charge in [-0.25, -0.2) is 9.67 Å². The minimum absolute atomic E-state index is 0.729. The largest absolute Gasteiger partial charge is 0.381 e. The zero-order chi connectivity index (χ0) is 14.5. The van der Waals surface area contributed by atoms with E-state index in [0.717, 1.165) is 23.2 Å². The lowest BCUT2D eigenvalue weighted by molar-refractivity contribution is 0.685. The van der Waals surface area contributed by atoms with Crippen LogP contribution in [-0.2, 0) is 13.1 Å². The fraction of sp³-hybridized carbons (Fsp3) is 0.125. The van der Waals surface area contributed by atoms with Gasteiger partial charge in [0.1, 0.15) is 12.7 Å². The van der Waals surface area contributed by atoms with Gasteiger partial charge in [-0.3, -0.25) is 0 Å². The molecular weight excluding hydrogens is 328 g/mol. The first-order valence-corrected chi connectivity index (χ1v) is 7.48. The molecule has 0 aliphatic heterocycles. The van der Waals surface area contributed by atoms with E-state index >= 15 is 0 Å². The lowest BCUT2D eigenvalue weighted by Gasteiger charge is -2.09. The minimum Gasteiger partial charge on any atom is -0.381 e. The van der Waals surface area contributed by atoms with E-state index in [4.69, 9.17) is 0 Å². The normalized spacial score (nSPS) is 10.5. The Labute approximate surface area is 132 Å². The van der Waals surface area contributed by atoms with E-state index < -0.39 is 0 Å².